The molecule has 0 aliphatic heterocycles. The van der Waals surface area contributed by atoms with Crippen LogP contribution in [0.1, 0.15) is 16.1 Å². The Kier molecular flexibility index (Phi) is 5.99. The van der Waals surface area contributed by atoms with Crippen LogP contribution in [0.4, 0.5) is 0 Å². The van der Waals surface area contributed by atoms with E-state index in [4.69, 9.17) is 26.2 Å². The standard InChI is InChI=1S/C18H15ClN2O5S2/c1-25-15-7-6-11(8-16(15)28(20,23)24)18(22)26-9-12-10-27-17(21-12)13-4-2-3-5-14(13)19/h2-8,10H,9H2,1H3,(H2,20,23,24). The second kappa shape index (κ2) is 8.27. The zero-order valence-electron chi connectivity index (χ0n) is 14.6. The van der Waals surface area contributed by atoms with E-state index in [0.717, 1.165) is 11.6 Å². The van der Waals surface area contributed by atoms with Gasteiger partial charge in [-0.05, 0) is 24.3 Å². The van der Waals surface area contributed by atoms with Crippen LogP contribution < -0.4 is 9.88 Å². The van der Waals surface area contributed by atoms with Crippen molar-refractivity contribution in [2.24, 2.45) is 5.14 Å². The first-order valence-corrected chi connectivity index (χ1v) is 10.7. The highest BCUT2D eigenvalue weighted by Gasteiger charge is 2.19. The lowest BCUT2D eigenvalue weighted by Gasteiger charge is -2.09. The van der Waals surface area contributed by atoms with E-state index in [1.165, 1.54) is 30.6 Å². The summed E-state index contributed by atoms with van der Waals surface area (Å²) in [4.78, 5) is 16.4. The summed E-state index contributed by atoms with van der Waals surface area (Å²) in [7, 11) is -2.75. The number of hydrogen-bond acceptors (Lipinski definition) is 7. The number of methoxy groups -OCH3 is 1. The number of thiazole rings is 1. The molecule has 0 fully saturated rings. The summed E-state index contributed by atoms with van der Waals surface area (Å²) in [5.41, 5.74) is 1.37. The number of nitrogens with two attached hydrogens (primary N) is 1. The fourth-order valence-electron chi connectivity index (χ4n) is 2.38. The lowest BCUT2D eigenvalue weighted by Crippen LogP contribution is -2.15. The maximum atomic E-state index is 12.3. The number of rotatable bonds is 6. The molecule has 0 amide bonds. The van der Waals surface area contributed by atoms with Gasteiger partial charge in [0, 0.05) is 10.9 Å². The third-order valence-electron chi connectivity index (χ3n) is 3.71. The quantitative estimate of drug-likeness (QED) is 0.590. The van der Waals surface area contributed by atoms with Gasteiger partial charge in [0.1, 0.15) is 22.3 Å². The molecule has 0 bridgehead atoms. The van der Waals surface area contributed by atoms with Gasteiger partial charge in [-0.25, -0.2) is 23.3 Å². The number of esters is 1. The highest BCUT2D eigenvalue weighted by atomic mass is 35.5. The fourth-order valence-corrected chi connectivity index (χ4v) is 4.23. The van der Waals surface area contributed by atoms with Crippen LogP contribution in [0.25, 0.3) is 10.6 Å². The minimum atomic E-state index is -4.06. The lowest BCUT2D eigenvalue weighted by atomic mass is 10.2. The topological polar surface area (TPSA) is 109 Å². The third-order valence-corrected chi connectivity index (χ3v) is 5.90. The van der Waals surface area contributed by atoms with Crippen LogP contribution in [-0.2, 0) is 21.4 Å². The zero-order valence-corrected chi connectivity index (χ0v) is 17.0. The van der Waals surface area contributed by atoms with E-state index in [1.807, 2.05) is 18.2 Å². The van der Waals surface area contributed by atoms with E-state index >= 15 is 0 Å². The molecule has 0 aliphatic rings. The van der Waals surface area contributed by atoms with Gasteiger partial charge >= 0.3 is 5.97 Å². The van der Waals surface area contributed by atoms with E-state index < -0.39 is 16.0 Å². The average Bonchev–Trinajstić information content (AvgIpc) is 3.14. The summed E-state index contributed by atoms with van der Waals surface area (Å²) in [5.74, 6) is -0.664. The summed E-state index contributed by atoms with van der Waals surface area (Å²) in [5, 5.41) is 8.20. The molecule has 28 heavy (non-hydrogen) atoms. The number of benzene rings is 2. The molecule has 7 nitrogen and oxygen atoms in total. The molecule has 0 aliphatic carbocycles. The van der Waals surface area contributed by atoms with E-state index in [9.17, 15) is 13.2 Å². The molecule has 2 N–H and O–H groups in total. The van der Waals surface area contributed by atoms with Crippen molar-refractivity contribution < 1.29 is 22.7 Å². The summed E-state index contributed by atoms with van der Waals surface area (Å²) in [6, 6.07) is 11.2. The van der Waals surface area contributed by atoms with Crippen molar-refractivity contribution in [1.29, 1.82) is 0 Å². The number of carbonyl (C=O) groups excluding carboxylic acids is 1. The summed E-state index contributed by atoms with van der Waals surface area (Å²) >= 11 is 7.54. The minimum absolute atomic E-state index is 0.0337. The van der Waals surface area contributed by atoms with Gasteiger partial charge in [0.05, 0.1) is 23.4 Å². The van der Waals surface area contributed by atoms with Crippen molar-refractivity contribution in [3.63, 3.8) is 0 Å². The number of ether oxygens (including phenoxy) is 2. The Morgan fingerprint density at radius 2 is 2.00 bits per heavy atom. The number of sulfonamides is 1. The smallest absolute Gasteiger partial charge is 0.338 e. The van der Waals surface area contributed by atoms with Gasteiger partial charge in [-0.3, -0.25) is 0 Å². The fraction of sp³-hybridized carbons (Fsp3) is 0.111. The van der Waals surface area contributed by atoms with Crippen LogP contribution in [0.2, 0.25) is 5.02 Å². The first-order chi connectivity index (χ1) is 13.3. The van der Waals surface area contributed by atoms with Crippen LogP contribution >= 0.6 is 22.9 Å². The van der Waals surface area contributed by atoms with Crippen LogP contribution in [0.3, 0.4) is 0 Å². The molecule has 0 spiro atoms. The van der Waals surface area contributed by atoms with Crippen molar-refractivity contribution in [2.45, 2.75) is 11.5 Å². The van der Waals surface area contributed by atoms with Crippen LogP contribution in [0.5, 0.6) is 5.75 Å². The number of halogens is 1. The lowest BCUT2D eigenvalue weighted by molar-refractivity contribution is 0.0468. The van der Waals surface area contributed by atoms with E-state index in [2.05, 4.69) is 4.98 Å². The molecule has 3 aromatic rings. The molecule has 0 saturated carbocycles. The predicted molar refractivity (Wildman–Crippen MR) is 106 cm³/mol. The van der Waals surface area contributed by atoms with Gasteiger partial charge in [-0.15, -0.1) is 11.3 Å². The van der Waals surface area contributed by atoms with Gasteiger partial charge in [-0.2, -0.15) is 0 Å². The first kappa shape index (κ1) is 20.3. The van der Waals surface area contributed by atoms with Gasteiger partial charge in [0.2, 0.25) is 10.0 Å². The maximum Gasteiger partial charge on any atom is 0.338 e. The molecule has 146 valence electrons. The van der Waals surface area contributed by atoms with Crippen molar-refractivity contribution in [2.75, 3.05) is 7.11 Å². The molecule has 0 atom stereocenters. The molecular weight excluding hydrogens is 424 g/mol. The molecule has 0 radical (unpaired) electrons. The summed E-state index contributed by atoms with van der Waals surface area (Å²) in [6.45, 7) is -0.0729. The molecule has 0 saturated heterocycles. The Morgan fingerprint density at radius 3 is 2.68 bits per heavy atom. The van der Waals surface area contributed by atoms with Gasteiger partial charge in [0.25, 0.3) is 0 Å². The Bertz CT molecular complexity index is 1130. The van der Waals surface area contributed by atoms with Crippen LogP contribution in [0.15, 0.2) is 52.7 Å². The Labute approximate surface area is 170 Å². The van der Waals surface area contributed by atoms with Crippen molar-refractivity contribution in [1.82, 2.24) is 4.98 Å². The predicted octanol–water partition coefficient (Wildman–Crippen LogP) is 3.48. The Balaban J connectivity index is 1.74. The van der Waals surface area contributed by atoms with E-state index in [0.29, 0.717) is 15.7 Å². The first-order valence-electron chi connectivity index (χ1n) is 7.87. The number of primary sulfonamides is 1. The Hall–Kier alpha value is -2.46. The molecule has 0 unspecified atom stereocenters. The highest BCUT2D eigenvalue weighted by molar-refractivity contribution is 7.89. The van der Waals surface area contributed by atoms with Gasteiger partial charge < -0.3 is 9.47 Å². The van der Waals surface area contributed by atoms with E-state index in [-0.39, 0.29) is 22.8 Å². The van der Waals surface area contributed by atoms with Crippen LogP contribution in [-0.4, -0.2) is 26.5 Å². The average molecular weight is 439 g/mol. The second-order valence-electron chi connectivity index (χ2n) is 5.61. The molecule has 1 aromatic heterocycles. The molecule has 1 heterocycles. The van der Waals surface area contributed by atoms with Gasteiger partial charge in [-0.1, -0.05) is 29.8 Å². The van der Waals surface area contributed by atoms with Crippen molar-refractivity contribution >= 4 is 38.9 Å². The Morgan fingerprint density at radius 1 is 1.25 bits per heavy atom. The van der Waals surface area contributed by atoms with Crippen LogP contribution in [0, 0.1) is 0 Å². The van der Waals surface area contributed by atoms with Crippen molar-refractivity contribution in [3.8, 4) is 16.3 Å². The third kappa shape index (κ3) is 4.50. The number of carbonyl (C=O) groups is 1. The minimum Gasteiger partial charge on any atom is -0.495 e. The maximum absolute atomic E-state index is 12.3. The molecule has 2 aromatic carbocycles. The number of nitrogens with zero attached hydrogens (tertiary/aromatic N) is 1. The highest BCUT2D eigenvalue weighted by Crippen LogP contribution is 2.30. The zero-order chi connectivity index (χ0) is 20.3. The van der Waals surface area contributed by atoms with Gasteiger partial charge in [0.15, 0.2) is 0 Å². The second-order valence-corrected chi connectivity index (χ2v) is 8.41. The summed E-state index contributed by atoms with van der Waals surface area (Å²) in [6.07, 6.45) is 0. The summed E-state index contributed by atoms with van der Waals surface area (Å²) < 4.78 is 33.5. The normalized spacial score (nSPS) is 11.2. The SMILES string of the molecule is COc1ccc(C(=O)OCc2csc(-c3ccccc3Cl)n2)cc1S(N)(=O)=O. The molecule has 10 heteroatoms. The van der Waals surface area contributed by atoms with E-state index in [1.54, 1.807) is 11.4 Å². The number of hydrogen-bond donors (Lipinski definition) is 1. The molecular formula is C18H15ClN2O5S2. The monoisotopic (exact) mass is 438 g/mol. The molecule has 3 rings (SSSR count). The largest absolute Gasteiger partial charge is 0.495 e. The number of aromatic nitrogens is 1. The van der Waals surface area contributed by atoms with Crippen molar-refractivity contribution in [3.05, 3.63) is 64.1 Å².